The molecule has 7 heteroatoms. The molecule has 7 nitrogen and oxygen atoms in total. The van der Waals surface area contributed by atoms with E-state index in [2.05, 4.69) is 12.2 Å². The highest BCUT2D eigenvalue weighted by Crippen LogP contribution is 2.39. The number of benzene rings is 2. The normalized spacial score (nSPS) is 19.1. The number of hydrogen-bond donors (Lipinski definition) is 1. The number of ether oxygens (including phenoxy) is 1. The Morgan fingerprint density at radius 3 is 2.33 bits per heavy atom. The lowest BCUT2D eigenvalue weighted by molar-refractivity contribution is -0.128. The molecule has 0 aliphatic carbocycles. The largest absolute Gasteiger partial charge is 0.354 e. The van der Waals surface area contributed by atoms with Crippen molar-refractivity contribution in [2.24, 2.45) is 5.92 Å². The summed E-state index contributed by atoms with van der Waals surface area (Å²) in [5, 5.41) is 2.97. The maximum atomic E-state index is 13.8. The van der Waals surface area contributed by atoms with Crippen molar-refractivity contribution in [2.45, 2.75) is 58.7 Å². The zero-order valence-corrected chi connectivity index (χ0v) is 21.8. The molecule has 2 heterocycles. The van der Waals surface area contributed by atoms with Crippen LogP contribution in [0.1, 0.15) is 65.5 Å². The molecule has 2 aromatic carbocycles. The molecule has 1 spiro atoms. The molecule has 2 saturated heterocycles. The van der Waals surface area contributed by atoms with Gasteiger partial charge in [-0.05, 0) is 49.1 Å². The van der Waals surface area contributed by atoms with E-state index in [4.69, 9.17) is 4.74 Å². The average molecular weight is 492 g/mol. The first-order valence-corrected chi connectivity index (χ1v) is 12.9. The quantitative estimate of drug-likeness (QED) is 0.667. The van der Waals surface area contributed by atoms with Crippen LogP contribution in [0.15, 0.2) is 48.5 Å². The van der Waals surface area contributed by atoms with E-state index in [0.29, 0.717) is 49.5 Å². The van der Waals surface area contributed by atoms with Gasteiger partial charge < -0.3 is 15.0 Å². The van der Waals surface area contributed by atoms with Crippen LogP contribution in [-0.4, -0.2) is 65.5 Å². The monoisotopic (exact) mass is 491 g/mol. The Bertz CT molecular complexity index is 1100. The first-order chi connectivity index (χ1) is 17.2. The molecule has 0 aromatic heterocycles. The zero-order valence-electron chi connectivity index (χ0n) is 21.8. The first kappa shape index (κ1) is 25.9. The molecule has 1 N–H and O–H groups in total. The summed E-state index contributed by atoms with van der Waals surface area (Å²) in [6.45, 7) is 9.68. The summed E-state index contributed by atoms with van der Waals surface area (Å²) in [7, 11) is 0. The summed E-state index contributed by atoms with van der Waals surface area (Å²) >= 11 is 0. The predicted molar refractivity (Wildman–Crippen MR) is 139 cm³/mol. The first-order valence-electron chi connectivity index (χ1n) is 12.9. The van der Waals surface area contributed by atoms with E-state index >= 15 is 0 Å². The highest BCUT2D eigenvalue weighted by Gasteiger charge is 2.54. The summed E-state index contributed by atoms with van der Waals surface area (Å²) in [5.74, 6) is -0.132. The van der Waals surface area contributed by atoms with Gasteiger partial charge in [-0.25, -0.2) is 0 Å². The van der Waals surface area contributed by atoms with Gasteiger partial charge in [0.2, 0.25) is 5.91 Å². The minimum Gasteiger partial charge on any atom is -0.354 e. The number of carbonyl (C=O) groups excluding carboxylic acids is 3. The smallest absolute Gasteiger partial charge is 0.256 e. The third-order valence-corrected chi connectivity index (χ3v) is 7.17. The Morgan fingerprint density at radius 1 is 1.03 bits per heavy atom. The van der Waals surface area contributed by atoms with Crippen molar-refractivity contribution in [3.05, 3.63) is 70.8 Å². The molecular weight excluding hydrogens is 454 g/mol. The molecule has 192 valence electrons. The summed E-state index contributed by atoms with van der Waals surface area (Å²) < 4.78 is 6.28. The number of likely N-dealkylation sites (tertiary alicyclic amines) is 1. The maximum Gasteiger partial charge on any atom is 0.256 e. The van der Waals surface area contributed by atoms with E-state index < -0.39 is 11.8 Å². The predicted octanol–water partition coefficient (Wildman–Crippen LogP) is 3.80. The van der Waals surface area contributed by atoms with Crippen molar-refractivity contribution < 1.29 is 19.1 Å². The van der Waals surface area contributed by atoms with Gasteiger partial charge in [0.25, 0.3) is 11.8 Å². The average Bonchev–Trinajstić information content (AvgIpc) is 3.25. The highest BCUT2D eigenvalue weighted by atomic mass is 16.5. The van der Waals surface area contributed by atoms with Crippen molar-refractivity contribution in [3.63, 3.8) is 0 Å². The molecular formula is C29H37N3O4. The van der Waals surface area contributed by atoms with E-state index in [1.54, 1.807) is 11.0 Å². The number of nitrogens with zero attached hydrogens (tertiary/aromatic N) is 2. The van der Waals surface area contributed by atoms with Gasteiger partial charge in [0.1, 0.15) is 11.8 Å². The van der Waals surface area contributed by atoms with Crippen molar-refractivity contribution in [2.75, 3.05) is 26.2 Å². The maximum absolute atomic E-state index is 13.8. The van der Waals surface area contributed by atoms with Crippen LogP contribution in [0, 0.1) is 12.8 Å². The zero-order chi connectivity index (χ0) is 25.9. The summed E-state index contributed by atoms with van der Waals surface area (Å²) in [6, 6.07) is 14.4. The Morgan fingerprint density at radius 2 is 1.72 bits per heavy atom. The van der Waals surface area contributed by atoms with Crippen LogP contribution in [0.2, 0.25) is 0 Å². The molecule has 0 saturated carbocycles. The molecule has 2 aliphatic rings. The van der Waals surface area contributed by atoms with Crippen molar-refractivity contribution in [3.8, 4) is 0 Å². The van der Waals surface area contributed by atoms with Gasteiger partial charge in [-0.15, -0.1) is 0 Å². The topological polar surface area (TPSA) is 79.0 Å². The molecule has 36 heavy (non-hydrogen) atoms. The Balaban J connectivity index is 1.55. The lowest BCUT2D eigenvalue weighted by atomic mass is 9.95. The van der Waals surface area contributed by atoms with Crippen LogP contribution in [-0.2, 0) is 16.0 Å². The molecule has 1 atom stereocenters. The third-order valence-electron chi connectivity index (χ3n) is 7.17. The molecule has 2 fully saturated rings. The van der Waals surface area contributed by atoms with E-state index in [9.17, 15) is 14.4 Å². The molecule has 0 radical (unpaired) electrons. The number of nitrogens with one attached hydrogen (secondary N) is 1. The summed E-state index contributed by atoms with van der Waals surface area (Å²) in [5.41, 5.74) is 2.45. The number of piperidine rings is 1. The number of rotatable bonds is 6. The minimum atomic E-state index is -0.913. The van der Waals surface area contributed by atoms with E-state index in [0.717, 1.165) is 12.0 Å². The van der Waals surface area contributed by atoms with Gasteiger partial charge in [-0.2, -0.15) is 0 Å². The molecule has 0 bridgehead atoms. The summed E-state index contributed by atoms with van der Waals surface area (Å²) in [6.07, 6.45) is 1.84. The van der Waals surface area contributed by atoms with Crippen molar-refractivity contribution in [1.29, 1.82) is 0 Å². The molecule has 2 aliphatic heterocycles. The number of hydrogen-bond acceptors (Lipinski definition) is 4. The molecule has 2 aromatic rings. The molecule has 4 rings (SSSR count). The SMILES string of the molecule is CCc1ccc(C(=O)N2CCC3(CC2)OC[C@@H](C(=O)NCC(C)C)N3C(=O)c2cccc(C)c2)cc1. The second-order valence-electron chi connectivity index (χ2n) is 10.3. The van der Waals surface area contributed by atoms with Crippen molar-refractivity contribution >= 4 is 17.7 Å². The van der Waals surface area contributed by atoms with Crippen LogP contribution in [0.4, 0.5) is 0 Å². The van der Waals surface area contributed by atoms with Crippen LogP contribution in [0.3, 0.4) is 0 Å². The Kier molecular flexibility index (Phi) is 7.79. The van der Waals surface area contributed by atoms with Crippen LogP contribution < -0.4 is 5.32 Å². The van der Waals surface area contributed by atoms with E-state index in [-0.39, 0.29) is 24.3 Å². The lowest BCUT2D eigenvalue weighted by Gasteiger charge is -2.44. The fourth-order valence-electron chi connectivity index (χ4n) is 5.03. The standard InChI is InChI=1S/C29H37N3O4/c1-5-22-9-11-23(12-10-22)27(34)31-15-13-29(14-16-31)32(28(35)24-8-6-7-21(4)17-24)25(19-36-29)26(33)30-18-20(2)3/h6-12,17,20,25H,5,13-16,18-19H2,1-4H3,(H,30,33)/t25-/m0/s1. The van der Waals surface area contributed by atoms with Gasteiger partial charge in [-0.1, -0.05) is 50.6 Å². The van der Waals surface area contributed by atoms with Gasteiger partial charge in [0.05, 0.1) is 6.61 Å². The van der Waals surface area contributed by atoms with Crippen LogP contribution in [0.25, 0.3) is 0 Å². The number of aryl methyl sites for hydroxylation is 2. The lowest BCUT2D eigenvalue weighted by Crippen LogP contribution is -2.60. The third kappa shape index (κ3) is 5.31. The highest BCUT2D eigenvalue weighted by molar-refractivity contribution is 5.99. The van der Waals surface area contributed by atoms with Gasteiger partial charge in [0, 0.05) is 43.6 Å². The van der Waals surface area contributed by atoms with E-state index in [1.165, 1.54) is 5.56 Å². The summed E-state index contributed by atoms with van der Waals surface area (Å²) in [4.78, 5) is 43.6. The van der Waals surface area contributed by atoms with E-state index in [1.807, 2.05) is 68.1 Å². The molecule has 0 unspecified atom stereocenters. The van der Waals surface area contributed by atoms with Gasteiger partial charge in [-0.3, -0.25) is 19.3 Å². The second-order valence-corrected chi connectivity index (χ2v) is 10.3. The minimum absolute atomic E-state index is 0.0201. The van der Waals surface area contributed by atoms with Gasteiger partial charge >= 0.3 is 0 Å². The fourth-order valence-corrected chi connectivity index (χ4v) is 5.03. The fraction of sp³-hybridized carbons (Fsp3) is 0.483. The Labute approximate surface area is 213 Å². The van der Waals surface area contributed by atoms with Crippen molar-refractivity contribution in [1.82, 2.24) is 15.1 Å². The Hall–Kier alpha value is -3.19. The van der Waals surface area contributed by atoms with Crippen LogP contribution in [0.5, 0.6) is 0 Å². The molecule has 3 amide bonds. The number of carbonyl (C=O) groups is 3. The van der Waals surface area contributed by atoms with Crippen LogP contribution >= 0.6 is 0 Å². The van der Waals surface area contributed by atoms with Gasteiger partial charge in [0.15, 0.2) is 0 Å². The second kappa shape index (κ2) is 10.8. The number of amides is 3.